The summed E-state index contributed by atoms with van der Waals surface area (Å²) in [5, 5.41) is 3.11. The van der Waals surface area contributed by atoms with Crippen LogP contribution < -0.4 is 5.32 Å². The number of carbonyl (C=O) groups excluding carboxylic acids is 1. The minimum atomic E-state index is 0.321. The molecule has 0 unspecified atom stereocenters. The highest BCUT2D eigenvalue weighted by Gasteiger charge is 2.51. The molecule has 0 aliphatic heterocycles. The molecule has 0 aromatic rings. The van der Waals surface area contributed by atoms with E-state index in [9.17, 15) is 4.79 Å². The SMILES string of the molecule is O=C(CC12CC3CC(CC(C3)C1)C2)NCCCI. The Morgan fingerprint density at radius 2 is 1.67 bits per heavy atom. The second-order valence-electron chi connectivity index (χ2n) is 6.99. The Kier molecular flexibility index (Phi) is 3.88. The number of halogens is 1. The molecule has 0 heterocycles. The zero-order valence-electron chi connectivity index (χ0n) is 11.1. The molecular weight excluding hydrogens is 337 g/mol. The molecule has 2 nitrogen and oxygen atoms in total. The summed E-state index contributed by atoms with van der Waals surface area (Å²) < 4.78 is 1.13. The molecule has 0 saturated heterocycles. The molecule has 3 heteroatoms. The van der Waals surface area contributed by atoms with E-state index in [1.54, 1.807) is 0 Å². The fraction of sp³-hybridized carbons (Fsp3) is 0.933. The van der Waals surface area contributed by atoms with Gasteiger partial charge in [-0.1, -0.05) is 22.6 Å². The molecule has 4 bridgehead atoms. The van der Waals surface area contributed by atoms with Crippen molar-refractivity contribution in [1.82, 2.24) is 5.32 Å². The molecule has 102 valence electrons. The van der Waals surface area contributed by atoms with Gasteiger partial charge in [0.05, 0.1) is 0 Å². The van der Waals surface area contributed by atoms with E-state index in [4.69, 9.17) is 0 Å². The lowest BCUT2D eigenvalue weighted by atomic mass is 9.49. The molecule has 0 spiro atoms. The van der Waals surface area contributed by atoms with Crippen molar-refractivity contribution >= 4 is 28.5 Å². The maximum atomic E-state index is 12.1. The molecule has 0 aromatic carbocycles. The molecule has 4 aliphatic carbocycles. The van der Waals surface area contributed by atoms with Gasteiger partial charge in [0.25, 0.3) is 0 Å². The molecule has 0 aromatic heterocycles. The van der Waals surface area contributed by atoms with Gasteiger partial charge in [-0.15, -0.1) is 0 Å². The minimum absolute atomic E-state index is 0.321. The van der Waals surface area contributed by atoms with E-state index in [1.165, 1.54) is 38.5 Å². The van der Waals surface area contributed by atoms with Gasteiger partial charge in [0.15, 0.2) is 0 Å². The van der Waals surface area contributed by atoms with E-state index in [-0.39, 0.29) is 0 Å². The fourth-order valence-corrected chi connectivity index (χ4v) is 5.59. The molecule has 1 N–H and O–H groups in total. The normalized spacial score (nSPS) is 41.1. The van der Waals surface area contributed by atoms with Gasteiger partial charge in [0, 0.05) is 17.4 Å². The van der Waals surface area contributed by atoms with Gasteiger partial charge in [0.2, 0.25) is 5.91 Å². The first kappa shape index (κ1) is 13.2. The van der Waals surface area contributed by atoms with E-state index >= 15 is 0 Å². The Labute approximate surface area is 124 Å². The van der Waals surface area contributed by atoms with Crippen LogP contribution in [-0.2, 0) is 4.79 Å². The van der Waals surface area contributed by atoms with Crippen LogP contribution in [0.2, 0.25) is 0 Å². The molecule has 4 fully saturated rings. The van der Waals surface area contributed by atoms with Gasteiger partial charge in [0.1, 0.15) is 0 Å². The van der Waals surface area contributed by atoms with Crippen LogP contribution in [0.3, 0.4) is 0 Å². The number of hydrogen-bond donors (Lipinski definition) is 1. The van der Waals surface area contributed by atoms with Gasteiger partial charge >= 0.3 is 0 Å². The number of hydrogen-bond acceptors (Lipinski definition) is 1. The van der Waals surface area contributed by atoms with Crippen LogP contribution in [0.5, 0.6) is 0 Å². The summed E-state index contributed by atoms with van der Waals surface area (Å²) in [6.07, 6.45) is 10.4. The molecule has 4 saturated carbocycles. The number of rotatable bonds is 5. The average Bonchev–Trinajstić information content (AvgIpc) is 2.26. The summed E-state index contributed by atoms with van der Waals surface area (Å²) in [6, 6.07) is 0. The Morgan fingerprint density at radius 3 is 2.17 bits per heavy atom. The number of carbonyl (C=O) groups is 1. The summed E-state index contributed by atoms with van der Waals surface area (Å²) in [5.41, 5.74) is 0.406. The molecule has 18 heavy (non-hydrogen) atoms. The molecule has 0 radical (unpaired) electrons. The third-order valence-electron chi connectivity index (χ3n) is 5.33. The van der Waals surface area contributed by atoms with Gasteiger partial charge in [-0.05, 0) is 68.1 Å². The summed E-state index contributed by atoms with van der Waals surface area (Å²) in [5.74, 6) is 3.19. The molecule has 4 aliphatic rings. The Bertz CT molecular complexity index is 293. The summed E-state index contributed by atoms with van der Waals surface area (Å²) in [7, 11) is 0. The maximum Gasteiger partial charge on any atom is 0.220 e. The summed E-state index contributed by atoms with van der Waals surface area (Å²) in [6.45, 7) is 0.869. The highest BCUT2D eigenvalue weighted by atomic mass is 127. The third-order valence-corrected chi connectivity index (χ3v) is 6.10. The van der Waals surface area contributed by atoms with Crippen LogP contribution in [0.4, 0.5) is 0 Å². The van der Waals surface area contributed by atoms with E-state index < -0.39 is 0 Å². The van der Waals surface area contributed by atoms with Crippen LogP contribution in [0.15, 0.2) is 0 Å². The van der Waals surface area contributed by atoms with Crippen LogP contribution in [-0.4, -0.2) is 16.9 Å². The lowest BCUT2D eigenvalue weighted by Crippen LogP contribution is -2.48. The van der Waals surface area contributed by atoms with Crippen molar-refractivity contribution in [2.75, 3.05) is 11.0 Å². The monoisotopic (exact) mass is 361 g/mol. The quantitative estimate of drug-likeness (QED) is 0.453. The van der Waals surface area contributed by atoms with Crippen molar-refractivity contribution in [3.8, 4) is 0 Å². The lowest BCUT2D eigenvalue weighted by Gasteiger charge is -2.56. The number of nitrogens with one attached hydrogen (secondary N) is 1. The van der Waals surface area contributed by atoms with E-state index in [0.717, 1.165) is 41.6 Å². The zero-order chi connectivity index (χ0) is 12.6. The van der Waals surface area contributed by atoms with Crippen molar-refractivity contribution in [2.45, 2.75) is 51.4 Å². The van der Waals surface area contributed by atoms with Gasteiger partial charge in [-0.25, -0.2) is 0 Å². The minimum Gasteiger partial charge on any atom is -0.356 e. The molecule has 4 rings (SSSR count). The van der Waals surface area contributed by atoms with Crippen molar-refractivity contribution in [1.29, 1.82) is 0 Å². The Morgan fingerprint density at radius 1 is 1.11 bits per heavy atom. The summed E-state index contributed by atoms with van der Waals surface area (Å²) >= 11 is 2.37. The van der Waals surface area contributed by atoms with E-state index in [0.29, 0.717) is 11.3 Å². The predicted octanol–water partition coefficient (Wildman–Crippen LogP) is 3.53. The smallest absolute Gasteiger partial charge is 0.220 e. The van der Waals surface area contributed by atoms with Crippen LogP contribution in [0, 0.1) is 23.2 Å². The predicted molar refractivity (Wildman–Crippen MR) is 81.7 cm³/mol. The van der Waals surface area contributed by atoms with Crippen molar-refractivity contribution in [3.63, 3.8) is 0 Å². The van der Waals surface area contributed by atoms with Crippen molar-refractivity contribution in [2.24, 2.45) is 23.2 Å². The van der Waals surface area contributed by atoms with Crippen molar-refractivity contribution < 1.29 is 4.79 Å². The highest BCUT2D eigenvalue weighted by Crippen LogP contribution is 2.61. The first-order valence-electron chi connectivity index (χ1n) is 7.52. The number of amides is 1. The van der Waals surface area contributed by atoms with Gasteiger partial charge in [-0.3, -0.25) is 4.79 Å². The maximum absolute atomic E-state index is 12.1. The first-order chi connectivity index (χ1) is 8.69. The van der Waals surface area contributed by atoms with Crippen LogP contribution in [0.25, 0.3) is 0 Å². The van der Waals surface area contributed by atoms with Gasteiger partial charge in [-0.2, -0.15) is 0 Å². The van der Waals surface area contributed by atoms with Crippen LogP contribution >= 0.6 is 22.6 Å². The Balaban J connectivity index is 1.57. The van der Waals surface area contributed by atoms with Crippen molar-refractivity contribution in [3.05, 3.63) is 0 Å². The Hall–Kier alpha value is 0.200. The molecular formula is C15H24INO. The zero-order valence-corrected chi connectivity index (χ0v) is 13.2. The largest absolute Gasteiger partial charge is 0.356 e. The third kappa shape index (κ3) is 2.70. The lowest BCUT2D eigenvalue weighted by molar-refractivity contribution is -0.129. The highest BCUT2D eigenvalue weighted by molar-refractivity contribution is 14.1. The summed E-state index contributed by atoms with van der Waals surface area (Å²) in [4.78, 5) is 12.1. The fourth-order valence-electron chi connectivity index (χ4n) is 5.20. The standard InChI is InChI=1S/C15H24INO/c16-2-1-3-17-14(18)10-15-7-11-4-12(8-15)6-13(5-11)9-15/h11-13H,1-10H2,(H,17,18). The van der Waals surface area contributed by atoms with E-state index in [2.05, 4.69) is 27.9 Å². The van der Waals surface area contributed by atoms with E-state index in [1.807, 2.05) is 0 Å². The van der Waals surface area contributed by atoms with Gasteiger partial charge < -0.3 is 5.32 Å². The topological polar surface area (TPSA) is 29.1 Å². The number of alkyl halides is 1. The first-order valence-corrected chi connectivity index (χ1v) is 9.04. The average molecular weight is 361 g/mol. The van der Waals surface area contributed by atoms with Crippen LogP contribution in [0.1, 0.15) is 51.4 Å². The second-order valence-corrected chi connectivity index (χ2v) is 8.07. The molecule has 0 atom stereocenters. The second kappa shape index (κ2) is 5.29. The molecule has 1 amide bonds.